The second kappa shape index (κ2) is 7.41. The molecule has 0 N–H and O–H groups in total. The average Bonchev–Trinajstić information content (AvgIpc) is 2.39. The first-order valence-electron chi connectivity index (χ1n) is 7.24. The molecule has 0 atom stereocenters. The van der Waals surface area contributed by atoms with Crippen LogP contribution >= 0.6 is 30.6 Å². The van der Waals surface area contributed by atoms with E-state index in [9.17, 15) is 0 Å². The molecule has 0 aliphatic rings. The molecule has 0 fully saturated rings. The second-order valence-electron chi connectivity index (χ2n) is 5.13. The van der Waals surface area contributed by atoms with Gasteiger partial charge in [0, 0.05) is 0 Å². The SMILES string of the molecule is CC[Si](Br)(CC)[Si](CC)(CC)[Si](Br)(CC)CC. The maximum Gasteiger partial charge on any atom is 0.120 e. The molecule has 0 bridgehead atoms. The summed E-state index contributed by atoms with van der Waals surface area (Å²) in [6.45, 7) is 14.7. The van der Waals surface area contributed by atoms with Gasteiger partial charge in [-0.3, -0.25) is 0 Å². The molecule has 0 saturated carbocycles. The number of hydrogen-bond acceptors (Lipinski definition) is 0. The molecule has 0 saturated heterocycles. The molecule has 0 unspecified atom stereocenters. The molecule has 0 spiro atoms. The van der Waals surface area contributed by atoms with Crippen molar-refractivity contribution in [2.24, 2.45) is 0 Å². The molecule has 0 radical (unpaired) electrons. The van der Waals surface area contributed by atoms with E-state index < -0.39 is 19.5 Å². The number of rotatable bonds is 8. The van der Waals surface area contributed by atoms with Crippen LogP contribution in [0.1, 0.15) is 41.5 Å². The van der Waals surface area contributed by atoms with Crippen LogP contribution in [-0.4, -0.2) is 19.5 Å². The van der Waals surface area contributed by atoms with Crippen molar-refractivity contribution in [3.05, 3.63) is 0 Å². The predicted octanol–water partition coefficient (Wildman–Crippen LogP) is 6.39. The van der Waals surface area contributed by atoms with E-state index >= 15 is 0 Å². The Kier molecular flexibility index (Phi) is 8.11. The Morgan fingerprint density at radius 1 is 0.529 bits per heavy atom. The second-order valence-corrected chi connectivity index (χ2v) is 41.9. The van der Waals surface area contributed by atoms with Gasteiger partial charge in [0.15, 0.2) is 0 Å². The van der Waals surface area contributed by atoms with Crippen molar-refractivity contribution in [2.75, 3.05) is 0 Å². The number of hydrogen-bond donors (Lipinski definition) is 0. The summed E-state index contributed by atoms with van der Waals surface area (Å²) in [5, 5.41) is 0. The van der Waals surface area contributed by atoms with E-state index in [0.29, 0.717) is 0 Å². The summed E-state index contributed by atoms with van der Waals surface area (Å²) in [6, 6.07) is 8.69. The maximum atomic E-state index is 4.35. The fraction of sp³-hybridized carbons (Fsp3) is 1.00. The molecule has 104 valence electrons. The van der Waals surface area contributed by atoms with Gasteiger partial charge in [-0.25, -0.2) is 0 Å². The van der Waals surface area contributed by atoms with Crippen LogP contribution in [0.4, 0.5) is 0 Å². The summed E-state index contributed by atoms with van der Waals surface area (Å²) in [5.74, 6) is 0. The van der Waals surface area contributed by atoms with Crippen LogP contribution in [0, 0.1) is 0 Å². The third-order valence-electron chi connectivity index (χ3n) is 5.16. The first-order chi connectivity index (χ1) is 7.86. The lowest BCUT2D eigenvalue weighted by molar-refractivity contribution is 1.24. The smallest absolute Gasteiger partial charge is 0.120 e. The summed E-state index contributed by atoms with van der Waals surface area (Å²) >= 11 is 8.70. The molecule has 0 aromatic rings. The minimum atomic E-state index is -1.19. The third kappa shape index (κ3) is 3.03. The zero-order valence-electron chi connectivity index (χ0n) is 12.5. The molecule has 0 aromatic heterocycles. The van der Waals surface area contributed by atoms with E-state index in [-0.39, 0.29) is 0 Å². The Morgan fingerprint density at radius 2 is 0.765 bits per heavy atom. The topological polar surface area (TPSA) is 0 Å². The van der Waals surface area contributed by atoms with Gasteiger partial charge in [0.05, 0.1) is 7.11 Å². The molecule has 0 aliphatic carbocycles. The van der Waals surface area contributed by atoms with Crippen molar-refractivity contribution >= 4 is 50.1 Å². The van der Waals surface area contributed by atoms with E-state index in [1.807, 2.05) is 0 Å². The Bertz CT molecular complexity index is 202. The Morgan fingerprint density at radius 3 is 0.882 bits per heavy atom. The van der Waals surface area contributed by atoms with E-state index in [1.165, 1.54) is 36.3 Å². The van der Waals surface area contributed by atoms with Crippen molar-refractivity contribution in [3.8, 4) is 0 Å². The zero-order valence-corrected chi connectivity index (χ0v) is 18.7. The molecule has 5 heteroatoms. The van der Waals surface area contributed by atoms with E-state index in [2.05, 4.69) is 72.1 Å². The Hall–Kier alpha value is 1.61. The fourth-order valence-corrected chi connectivity index (χ4v) is 80.8. The lowest BCUT2D eigenvalue weighted by atomic mass is 10.9. The first kappa shape index (κ1) is 18.6. The van der Waals surface area contributed by atoms with Gasteiger partial charge >= 0.3 is 0 Å². The predicted molar refractivity (Wildman–Crippen MR) is 98.0 cm³/mol. The van der Waals surface area contributed by atoms with Crippen LogP contribution in [-0.2, 0) is 0 Å². The standard InChI is InChI=1S/C12H30Br2Si3/c1-7-15(13,8-2)17(11-5,12-6)16(14,9-3)10-4/h7-12H2,1-6H3. The minimum absolute atomic E-state index is 1.14. The average molecular weight is 418 g/mol. The van der Waals surface area contributed by atoms with Crippen LogP contribution in [0.2, 0.25) is 36.3 Å². The quantitative estimate of drug-likeness (QED) is 0.316. The molecule has 0 amide bonds. The molecule has 17 heavy (non-hydrogen) atoms. The Labute approximate surface area is 127 Å². The van der Waals surface area contributed by atoms with Crippen LogP contribution in [0.5, 0.6) is 0 Å². The lowest BCUT2D eigenvalue weighted by Gasteiger charge is -2.51. The highest BCUT2D eigenvalue weighted by atomic mass is 79.9. The van der Waals surface area contributed by atoms with Crippen LogP contribution in [0.15, 0.2) is 0 Å². The van der Waals surface area contributed by atoms with Gasteiger partial charge in [-0.2, -0.15) is 0 Å². The molecule has 0 heterocycles. The van der Waals surface area contributed by atoms with Gasteiger partial charge < -0.3 is 0 Å². The van der Waals surface area contributed by atoms with Crippen molar-refractivity contribution < 1.29 is 0 Å². The summed E-state index contributed by atoms with van der Waals surface area (Å²) in [4.78, 5) is 0. The van der Waals surface area contributed by atoms with Crippen molar-refractivity contribution in [3.63, 3.8) is 0 Å². The molecule has 0 nitrogen and oxygen atoms in total. The molecular formula is C12H30Br2Si3. The van der Waals surface area contributed by atoms with Gasteiger partial charge in [-0.05, 0) is 0 Å². The van der Waals surface area contributed by atoms with E-state index in [4.69, 9.17) is 0 Å². The fourth-order valence-electron chi connectivity index (χ4n) is 3.77. The molecular weight excluding hydrogens is 388 g/mol. The van der Waals surface area contributed by atoms with Gasteiger partial charge in [-0.1, -0.05) is 77.8 Å². The van der Waals surface area contributed by atoms with E-state index in [0.717, 1.165) is 0 Å². The van der Waals surface area contributed by atoms with Gasteiger partial charge in [0.1, 0.15) is 12.4 Å². The van der Waals surface area contributed by atoms with Crippen molar-refractivity contribution in [1.82, 2.24) is 0 Å². The summed E-state index contributed by atoms with van der Waals surface area (Å²) in [7, 11) is -1.14. The monoisotopic (exact) mass is 416 g/mol. The highest BCUT2D eigenvalue weighted by molar-refractivity contribution is 9.31. The van der Waals surface area contributed by atoms with Crippen LogP contribution in [0.3, 0.4) is 0 Å². The maximum absolute atomic E-state index is 4.35. The highest BCUT2D eigenvalue weighted by Gasteiger charge is 2.60. The first-order valence-corrected chi connectivity index (χ1v) is 21.0. The third-order valence-corrected chi connectivity index (χ3v) is 69.9. The van der Waals surface area contributed by atoms with Gasteiger partial charge in [-0.15, -0.1) is 30.6 Å². The zero-order chi connectivity index (χ0) is 13.7. The van der Waals surface area contributed by atoms with Crippen LogP contribution < -0.4 is 0 Å². The molecule has 0 aliphatic heterocycles. The normalized spacial score (nSPS) is 14.1. The van der Waals surface area contributed by atoms with Crippen molar-refractivity contribution in [2.45, 2.75) is 77.8 Å². The molecule has 0 rings (SSSR count). The number of halogens is 2. The van der Waals surface area contributed by atoms with Crippen LogP contribution in [0.25, 0.3) is 0 Å². The molecule has 0 aromatic carbocycles. The van der Waals surface area contributed by atoms with E-state index in [1.54, 1.807) is 0 Å². The summed E-state index contributed by atoms with van der Waals surface area (Å²) in [5.41, 5.74) is 0. The summed E-state index contributed by atoms with van der Waals surface area (Å²) < 4.78 is 0. The van der Waals surface area contributed by atoms with Gasteiger partial charge in [0.25, 0.3) is 0 Å². The van der Waals surface area contributed by atoms with Crippen molar-refractivity contribution in [1.29, 1.82) is 0 Å². The highest BCUT2D eigenvalue weighted by Crippen LogP contribution is 2.48. The van der Waals surface area contributed by atoms with Gasteiger partial charge in [0.2, 0.25) is 0 Å². The summed E-state index contributed by atoms with van der Waals surface area (Å²) in [6.07, 6.45) is -2.38. The lowest BCUT2D eigenvalue weighted by Crippen LogP contribution is -2.72. The minimum Gasteiger partial charge on any atom is -0.130 e. The largest absolute Gasteiger partial charge is 0.130 e. The Balaban J connectivity index is 5.73.